The number of hydrogen-bond donors (Lipinski definition) is 2. The van der Waals surface area contributed by atoms with Gasteiger partial charge in [-0.05, 0) is 42.8 Å². The van der Waals surface area contributed by atoms with E-state index in [9.17, 15) is 18.0 Å². The Morgan fingerprint density at radius 1 is 1.08 bits per heavy atom. The van der Waals surface area contributed by atoms with E-state index in [1.165, 1.54) is 13.0 Å². The Balaban J connectivity index is 1.95. The highest BCUT2D eigenvalue weighted by Gasteiger charge is 2.31. The molecule has 0 bridgehead atoms. The van der Waals surface area contributed by atoms with Crippen molar-refractivity contribution in [3.05, 3.63) is 59.2 Å². The topological polar surface area (TPSA) is 80.9 Å². The third-order valence-electron chi connectivity index (χ3n) is 3.50. The molecule has 8 heteroatoms. The van der Waals surface area contributed by atoms with Gasteiger partial charge in [0.1, 0.15) is 0 Å². The molecular weight excluding hydrogens is 333 g/mol. The fourth-order valence-corrected chi connectivity index (χ4v) is 2.36. The molecule has 0 spiro atoms. The van der Waals surface area contributed by atoms with Gasteiger partial charge in [0.25, 0.3) is 5.91 Å². The monoisotopic (exact) mass is 346 g/mol. The van der Waals surface area contributed by atoms with Crippen molar-refractivity contribution in [2.45, 2.75) is 13.1 Å². The molecule has 1 aromatic heterocycles. The van der Waals surface area contributed by atoms with Crippen molar-refractivity contribution < 1.29 is 18.0 Å². The summed E-state index contributed by atoms with van der Waals surface area (Å²) in [5.74, 6) is -0.764. The van der Waals surface area contributed by atoms with Gasteiger partial charge >= 0.3 is 6.18 Å². The van der Waals surface area contributed by atoms with E-state index in [4.69, 9.17) is 5.73 Å². The molecule has 128 valence electrons. The maximum atomic E-state index is 12.9. The standard InChI is InChI=1S/C17H13F3N4O/c1-9-6-10(8-11(7-9)17(18,19)20)16(25)24-15-14(21)22-12-4-2-3-5-13(12)23-15/h2-8H,1H3,(H2,21,22)(H,23,24,25). The number of carbonyl (C=O) groups is 1. The van der Waals surface area contributed by atoms with Crippen LogP contribution in [0.15, 0.2) is 42.5 Å². The van der Waals surface area contributed by atoms with Crippen LogP contribution in [0.3, 0.4) is 0 Å². The lowest BCUT2D eigenvalue weighted by Gasteiger charge is -2.11. The quantitative estimate of drug-likeness (QED) is 0.740. The molecule has 0 atom stereocenters. The first-order valence-electron chi connectivity index (χ1n) is 7.26. The molecule has 0 fully saturated rings. The lowest BCUT2D eigenvalue weighted by Crippen LogP contribution is -2.17. The van der Waals surface area contributed by atoms with E-state index in [2.05, 4.69) is 15.3 Å². The Labute approximate surface area is 140 Å². The SMILES string of the molecule is Cc1cc(C(=O)Nc2nc3ccccc3nc2N)cc(C(F)(F)F)c1. The number of nitrogen functional groups attached to an aromatic ring is 1. The van der Waals surface area contributed by atoms with Gasteiger partial charge in [0.2, 0.25) is 0 Å². The van der Waals surface area contributed by atoms with Gasteiger partial charge in [0.15, 0.2) is 11.6 Å². The first-order chi connectivity index (χ1) is 11.7. The van der Waals surface area contributed by atoms with E-state index in [0.717, 1.165) is 12.1 Å². The molecule has 0 radical (unpaired) electrons. The number of fused-ring (bicyclic) bond motifs is 1. The second-order valence-electron chi connectivity index (χ2n) is 5.49. The molecule has 1 amide bonds. The van der Waals surface area contributed by atoms with Crippen LogP contribution in [0, 0.1) is 6.92 Å². The average Bonchev–Trinajstić information content (AvgIpc) is 2.54. The molecule has 0 aliphatic heterocycles. The molecule has 3 N–H and O–H groups in total. The molecule has 0 saturated heterocycles. The summed E-state index contributed by atoms with van der Waals surface area (Å²) in [6.45, 7) is 1.48. The van der Waals surface area contributed by atoms with Crippen molar-refractivity contribution in [3.63, 3.8) is 0 Å². The smallest absolute Gasteiger partial charge is 0.381 e. The number of hydrogen-bond acceptors (Lipinski definition) is 4. The second-order valence-corrected chi connectivity index (χ2v) is 5.49. The number of rotatable bonds is 2. The number of amides is 1. The lowest BCUT2D eigenvalue weighted by molar-refractivity contribution is -0.137. The number of benzene rings is 2. The number of anilines is 2. The van der Waals surface area contributed by atoms with Gasteiger partial charge in [0, 0.05) is 5.56 Å². The van der Waals surface area contributed by atoms with E-state index >= 15 is 0 Å². The number of para-hydroxylation sites is 2. The fraction of sp³-hybridized carbons (Fsp3) is 0.118. The first-order valence-corrected chi connectivity index (χ1v) is 7.26. The number of alkyl halides is 3. The summed E-state index contributed by atoms with van der Waals surface area (Å²) in [4.78, 5) is 20.6. The van der Waals surface area contributed by atoms with Crippen LogP contribution in [-0.4, -0.2) is 15.9 Å². The zero-order valence-corrected chi connectivity index (χ0v) is 13.1. The van der Waals surface area contributed by atoms with E-state index in [0.29, 0.717) is 16.6 Å². The highest BCUT2D eigenvalue weighted by Crippen LogP contribution is 2.31. The maximum absolute atomic E-state index is 12.9. The molecule has 25 heavy (non-hydrogen) atoms. The van der Waals surface area contributed by atoms with Crippen LogP contribution < -0.4 is 11.1 Å². The number of nitrogens with one attached hydrogen (secondary N) is 1. The Bertz CT molecular complexity index is 970. The highest BCUT2D eigenvalue weighted by atomic mass is 19.4. The number of nitrogens with zero attached hydrogens (tertiary/aromatic N) is 2. The molecular formula is C17H13F3N4O. The van der Waals surface area contributed by atoms with Crippen LogP contribution in [0.25, 0.3) is 11.0 Å². The molecule has 2 aromatic carbocycles. The molecule has 3 rings (SSSR count). The van der Waals surface area contributed by atoms with Crippen LogP contribution >= 0.6 is 0 Å². The van der Waals surface area contributed by atoms with Crippen molar-refractivity contribution >= 4 is 28.6 Å². The van der Waals surface area contributed by atoms with Crippen molar-refractivity contribution in [2.24, 2.45) is 0 Å². The van der Waals surface area contributed by atoms with Crippen molar-refractivity contribution in [2.75, 3.05) is 11.1 Å². The molecule has 0 aliphatic rings. The van der Waals surface area contributed by atoms with Crippen LogP contribution in [0.5, 0.6) is 0 Å². The fourth-order valence-electron chi connectivity index (χ4n) is 2.36. The predicted molar refractivity (Wildman–Crippen MR) is 88.1 cm³/mol. The summed E-state index contributed by atoms with van der Waals surface area (Å²) in [6, 6.07) is 10.0. The summed E-state index contributed by atoms with van der Waals surface area (Å²) in [6.07, 6.45) is -4.54. The zero-order chi connectivity index (χ0) is 18.2. The Morgan fingerprint density at radius 2 is 1.72 bits per heavy atom. The largest absolute Gasteiger partial charge is 0.416 e. The van der Waals surface area contributed by atoms with Gasteiger partial charge in [-0.3, -0.25) is 4.79 Å². The van der Waals surface area contributed by atoms with E-state index < -0.39 is 17.6 Å². The number of halogens is 3. The van der Waals surface area contributed by atoms with E-state index in [-0.39, 0.29) is 17.2 Å². The summed E-state index contributed by atoms with van der Waals surface area (Å²) >= 11 is 0. The minimum absolute atomic E-state index is 0.00114. The van der Waals surface area contributed by atoms with Gasteiger partial charge < -0.3 is 11.1 Å². The Morgan fingerprint density at radius 3 is 2.36 bits per heavy atom. The van der Waals surface area contributed by atoms with Crippen molar-refractivity contribution in [3.8, 4) is 0 Å². The first kappa shape index (κ1) is 16.7. The molecule has 0 aliphatic carbocycles. The van der Waals surface area contributed by atoms with Gasteiger partial charge in [0.05, 0.1) is 16.6 Å². The lowest BCUT2D eigenvalue weighted by atomic mass is 10.1. The predicted octanol–water partition coefficient (Wildman–Crippen LogP) is 3.79. The normalized spacial score (nSPS) is 11.5. The molecule has 0 unspecified atom stereocenters. The number of aryl methyl sites for hydroxylation is 1. The Kier molecular flexibility index (Phi) is 4.03. The van der Waals surface area contributed by atoms with Crippen molar-refractivity contribution in [1.29, 1.82) is 0 Å². The summed E-state index contributed by atoms with van der Waals surface area (Å²) < 4.78 is 38.7. The van der Waals surface area contributed by atoms with E-state index in [1.54, 1.807) is 24.3 Å². The summed E-state index contributed by atoms with van der Waals surface area (Å²) in [5.41, 5.74) is 6.12. The van der Waals surface area contributed by atoms with Gasteiger partial charge in [-0.2, -0.15) is 13.2 Å². The number of aromatic nitrogens is 2. The molecule has 5 nitrogen and oxygen atoms in total. The molecule has 1 heterocycles. The van der Waals surface area contributed by atoms with Crippen LogP contribution in [0.4, 0.5) is 24.8 Å². The minimum atomic E-state index is -4.54. The average molecular weight is 346 g/mol. The van der Waals surface area contributed by atoms with Gasteiger partial charge in [-0.15, -0.1) is 0 Å². The molecule has 0 saturated carbocycles. The van der Waals surface area contributed by atoms with Crippen LogP contribution in [0.1, 0.15) is 21.5 Å². The Hall–Kier alpha value is -3.16. The molecule has 3 aromatic rings. The third-order valence-corrected chi connectivity index (χ3v) is 3.50. The van der Waals surface area contributed by atoms with E-state index in [1.807, 2.05) is 0 Å². The number of nitrogens with two attached hydrogens (primary N) is 1. The van der Waals surface area contributed by atoms with Crippen LogP contribution in [0.2, 0.25) is 0 Å². The minimum Gasteiger partial charge on any atom is -0.381 e. The maximum Gasteiger partial charge on any atom is 0.416 e. The number of carbonyl (C=O) groups excluding carboxylic acids is 1. The van der Waals surface area contributed by atoms with Crippen molar-refractivity contribution in [1.82, 2.24) is 9.97 Å². The second kappa shape index (κ2) is 6.04. The van der Waals surface area contributed by atoms with Crippen LogP contribution in [-0.2, 0) is 6.18 Å². The third kappa shape index (κ3) is 3.52. The van der Waals surface area contributed by atoms with Gasteiger partial charge in [-0.25, -0.2) is 9.97 Å². The summed E-state index contributed by atoms with van der Waals surface area (Å²) in [5, 5.41) is 2.42. The highest BCUT2D eigenvalue weighted by molar-refractivity contribution is 6.05. The summed E-state index contributed by atoms with van der Waals surface area (Å²) in [7, 11) is 0. The zero-order valence-electron chi connectivity index (χ0n) is 13.1. The van der Waals surface area contributed by atoms with Gasteiger partial charge in [-0.1, -0.05) is 12.1 Å².